The van der Waals surface area contributed by atoms with E-state index in [-0.39, 0.29) is 23.1 Å². The zero-order valence-electron chi connectivity index (χ0n) is 17.7. The molecule has 2 aliphatic rings. The van der Waals surface area contributed by atoms with Crippen LogP contribution in [-0.2, 0) is 10.4 Å². The van der Waals surface area contributed by atoms with Gasteiger partial charge in [-0.15, -0.1) is 11.6 Å². The van der Waals surface area contributed by atoms with Crippen LogP contribution in [0.15, 0.2) is 54.6 Å². The summed E-state index contributed by atoms with van der Waals surface area (Å²) < 4.78 is 0. The molecule has 1 radical (unpaired) electrons. The largest absolute Gasteiger partial charge is 0.375 e. The average Bonchev–Trinajstić information content (AvgIpc) is 3.34. The Bertz CT molecular complexity index is 884. The first-order chi connectivity index (χ1) is 15.0. The van der Waals surface area contributed by atoms with E-state index < -0.39 is 5.60 Å². The molecule has 165 valence electrons. The lowest BCUT2D eigenvalue weighted by atomic mass is 9.78. The molecule has 1 saturated carbocycles. The van der Waals surface area contributed by atoms with Crippen LogP contribution in [0.25, 0.3) is 0 Å². The predicted octanol–water partition coefficient (Wildman–Crippen LogP) is 6.14. The van der Waals surface area contributed by atoms with Gasteiger partial charge in [-0.2, -0.15) is 0 Å². The Morgan fingerprint density at radius 3 is 2.48 bits per heavy atom. The van der Waals surface area contributed by atoms with Crippen LogP contribution in [0.5, 0.6) is 0 Å². The summed E-state index contributed by atoms with van der Waals surface area (Å²) in [5.41, 5.74) is 0.182. The standard InChI is InChI=1S/C26H30Cl2NO2/c27-23-15-7-6-14-22(23)24(28)17-19-9-8-16-29(18-19)25(30)26(31,21-12-4-5-13-21)20-10-2-1-3-11-20/h1-3,6-7,9-11,14-15,19,21,24,31H,4-5,8,12-13,16-18H2. The molecule has 0 bridgehead atoms. The monoisotopic (exact) mass is 458 g/mol. The number of hydrogen-bond acceptors (Lipinski definition) is 2. The van der Waals surface area contributed by atoms with Gasteiger partial charge in [0, 0.05) is 24.0 Å². The minimum absolute atomic E-state index is 0.0318. The number of aliphatic hydroxyl groups is 1. The van der Waals surface area contributed by atoms with Crippen molar-refractivity contribution in [1.82, 2.24) is 4.90 Å². The first-order valence-corrected chi connectivity index (χ1v) is 12.1. The number of hydrogen-bond donors (Lipinski definition) is 1. The van der Waals surface area contributed by atoms with Gasteiger partial charge in [0.2, 0.25) is 0 Å². The van der Waals surface area contributed by atoms with Crippen molar-refractivity contribution in [3.63, 3.8) is 0 Å². The first kappa shape index (κ1) is 22.6. The number of nitrogens with zero attached hydrogens (tertiary/aromatic N) is 1. The number of piperidine rings is 1. The number of halogens is 2. The van der Waals surface area contributed by atoms with Crippen LogP contribution in [0.2, 0.25) is 5.02 Å². The third kappa shape index (κ3) is 4.79. The van der Waals surface area contributed by atoms with Crippen LogP contribution in [0.4, 0.5) is 0 Å². The number of carbonyl (C=O) groups is 1. The van der Waals surface area contributed by atoms with Crippen molar-refractivity contribution >= 4 is 29.1 Å². The van der Waals surface area contributed by atoms with Gasteiger partial charge in [-0.25, -0.2) is 0 Å². The molecule has 1 N–H and O–H groups in total. The van der Waals surface area contributed by atoms with Gasteiger partial charge in [0.15, 0.2) is 5.60 Å². The topological polar surface area (TPSA) is 40.5 Å². The summed E-state index contributed by atoms with van der Waals surface area (Å²) in [6.45, 7) is 1.21. The van der Waals surface area contributed by atoms with Gasteiger partial charge in [-0.1, -0.05) is 73.0 Å². The SMILES string of the molecule is O=C(N1CC[CH]C(CC(Cl)c2ccccc2Cl)C1)C(O)(c1ccccc1)C1CCCC1. The van der Waals surface area contributed by atoms with E-state index in [1.165, 1.54) is 0 Å². The molecule has 31 heavy (non-hydrogen) atoms. The fourth-order valence-corrected chi connectivity index (χ4v) is 5.95. The minimum Gasteiger partial charge on any atom is -0.375 e. The zero-order chi connectivity index (χ0) is 21.8. The lowest BCUT2D eigenvalue weighted by molar-refractivity contribution is -0.160. The summed E-state index contributed by atoms with van der Waals surface area (Å²) in [6.07, 6.45) is 7.67. The maximum atomic E-state index is 13.8. The Kier molecular flexibility index (Phi) is 7.26. The molecule has 2 aromatic rings. The Morgan fingerprint density at radius 1 is 1.10 bits per heavy atom. The van der Waals surface area contributed by atoms with Gasteiger partial charge in [0.25, 0.3) is 5.91 Å². The van der Waals surface area contributed by atoms with E-state index in [9.17, 15) is 9.90 Å². The smallest absolute Gasteiger partial charge is 0.259 e. The second kappa shape index (κ2) is 9.94. The van der Waals surface area contributed by atoms with E-state index in [0.717, 1.165) is 37.7 Å². The van der Waals surface area contributed by atoms with Crippen LogP contribution in [0.1, 0.15) is 55.0 Å². The van der Waals surface area contributed by atoms with E-state index in [0.29, 0.717) is 30.1 Å². The van der Waals surface area contributed by atoms with Crippen molar-refractivity contribution in [2.75, 3.05) is 13.1 Å². The summed E-state index contributed by atoms with van der Waals surface area (Å²) in [4.78, 5) is 15.6. The molecular weight excluding hydrogens is 429 g/mol. The molecule has 1 aliphatic carbocycles. The van der Waals surface area contributed by atoms with Crippen molar-refractivity contribution in [2.45, 2.75) is 49.5 Å². The molecule has 2 fully saturated rings. The molecule has 2 aromatic carbocycles. The van der Waals surface area contributed by atoms with E-state index in [1.54, 1.807) is 0 Å². The summed E-state index contributed by atoms with van der Waals surface area (Å²) in [5, 5.41) is 12.3. The molecule has 3 unspecified atom stereocenters. The Labute approximate surface area is 195 Å². The summed E-state index contributed by atoms with van der Waals surface area (Å²) in [5.74, 6) is -0.0247. The van der Waals surface area contributed by atoms with Crippen LogP contribution < -0.4 is 0 Å². The molecule has 1 saturated heterocycles. The molecule has 1 aliphatic heterocycles. The van der Waals surface area contributed by atoms with E-state index >= 15 is 0 Å². The van der Waals surface area contributed by atoms with Gasteiger partial charge >= 0.3 is 0 Å². The van der Waals surface area contributed by atoms with Crippen molar-refractivity contribution in [3.05, 3.63) is 77.2 Å². The second-order valence-corrected chi connectivity index (χ2v) is 9.81. The molecule has 3 atom stereocenters. The van der Waals surface area contributed by atoms with E-state index in [4.69, 9.17) is 23.2 Å². The number of alkyl halides is 1. The molecule has 0 aromatic heterocycles. The number of carbonyl (C=O) groups excluding carboxylic acids is 1. The Balaban J connectivity index is 1.51. The van der Waals surface area contributed by atoms with Crippen molar-refractivity contribution < 1.29 is 9.90 Å². The van der Waals surface area contributed by atoms with Gasteiger partial charge in [0.1, 0.15) is 0 Å². The number of amides is 1. The summed E-state index contributed by atoms with van der Waals surface area (Å²) in [7, 11) is 0. The summed E-state index contributed by atoms with van der Waals surface area (Å²) in [6, 6.07) is 17.1. The van der Waals surface area contributed by atoms with Gasteiger partial charge in [0.05, 0.1) is 5.38 Å². The number of likely N-dealkylation sites (tertiary alicyclic amines) is 1. The highest BCUT2D eigenvalue weighted by Crippen LogP contribution is 2.43. The molecule has 0 spiro atoms. The van der Waals surface area contributed by atoms with Crippen molar-refractivity contribution in [1.29, 1.82) is 0 Å². The molecule has 3 nitrogen and oxygen atoms in total. The van der Waals surface area contributed by atoms with Crippen LogP contribution in [-0.4, -0.2) is 29.0 Å². The van der Waals surface area contributed by atoms with Crippen molar-refractivity contribution in [2.24, 2.45) is 11.8 Å². The van der Waals surface area contributed by atoms with Gasteiger partial charge in [-0.05, 0) is 55.2 Å². The molecular formula is C26H30Cl2NO2. The van der Waals surface area contributed by atoms with E-state index in [2.05, 4.69) is 6.42 Å². The van der Waals surface area contributed by atoms with Crippen LogP contribution in [0, 0.1) is 18.3 Å². The predicted molar refractivity (Wildman–Crippen MR) is 126 cm³/mol. The Hall–Kier alpha value is -1.55. The third-order valence-electron chi connectivity index (χ3n) is 6.88. The number of benzene rings is 2. The van der Waals surface area contributed by atoms with Crippen LogP contribution in [0.3, 0.4) is 0 Å². The first-order valence-electron chi connectivity index (χ1n) is 11.3. The lowest BCUT2D eigenvalue weighted by Crippen LogP contribution is -2.53. The van der Waals surface area contributed by atoms with Crippen LogP contribution >= 0.6 is 23.2 Å². The zero-order valence-corrected chi connectivity index (χ0v) is 19.2. The number of rotatable bonds is 6. The molecule has 4 rings (SSSR count). The third-order valence-corrected chi connectivity index (χ3v) is 7.64. The fourth-order valence-electron chi connectivity index (χ4n) is 5.20. The van der Waals surface area contributed by atoms with E-state index in [1.807, 2.05) is 59.5 Å². The fraction of sp³-hybridized carbons (Fsp3) is 0.462. The highest BCUT2D eigenvalue weighted by atomic mass is 35.5. The average molecular weight is 459 g/mol. The van der Waals surface area contributed by atoms with Gasteiger partial charge < -0.3 is 10.0 Å². The summed E-state index contributed by atoms with van der Waals surface area (Å²) >= 11 is 13.0. The Morgan fingerprint density at radius 2 is 1.77 bits per heavy atom. The maximum Gasteiger partial charge on any atom is 0.259 e. The highest BCUT2D eigenvalue weighted by molar-refractivity contribution is 6.32. The lowest BCUT2D eigenvalue weighted by Gasteiger charge is -2.41. The minimum atomic E-state index is -1.46. The normalized spacial score (nSPS) is 22.8. The molecule has 5 heteroatoms. The maximum absolute atomic E-state index is 13.8. The molecule has 1 amide bonds. The van der Waals surface area contributed by atoms with Crippen molar-refractivity contribution in [3.8, 4) is 0 Å². The second-order valence-electron chi connectivity index (χ2n) is 8.87. The molecule has 1 heterocycles. The quantitative estimate of drug-likeness (QED) is 0.527. The van der Waals surface area contributed by atoms with Gasteiger partial charge in [-0.3, -0.25) is 4.79 Å². The highest BCUT2D eigenvalue weighted by Gasteiger charge is 2.48.